The molecule has 0 fully saturated rings. The molecule has 0 atom stereocenters. The van der Waals surface area contributed by atoms with E-state index in [4.69, 9.17) is 9.47 Å². The van der Waals surface area contributed by atoms with Crippen molar-refractivity contribution in [2.75, 3.05) is 6.61 Å². The van der Waals surface area contributed by atoms with Gasteiger partial charge in [-0.05, 0) is 12.5 Å². The molecule has 21 heavy (non-hydrogen) atoms. The highest BCUT2D eigenvalue weighted by Gasteiger charge is 2.20. The van der Waals surface area contributed by atoms with Crippen molar-refractivity contribution < 1.29 is 19.1 Å². The summed E-state index contributed by atoms with van der Waals surface area (Å²) in [5.41, 5.74) is 1.14. The third-order valence-electron chi connectivity index (χ3n) is 2.58. The fraction of sp³-hybridized carbons (Fsp3) is 0.267. The molecule has 6 heteroatoms. The monoisotopic (exact) mass is 305 g/mol. The molecule has 0 amide bonds. The zero-order valence-electron chi connectivity index (χ0n) is 11.8. The number of thiazole rings is 1. The SMILES string of the molecule is CCOC(=O)c1nc(COC(C)=O)sc1-c1ccccc1. The second-order valence-electron chi connectivity index (χ2n) is 4.15. The van der Waals surface area contributed by atoms with Crippen molar-refractivity contribution in [2.45, 2.75) is 20.5 Å². The van der Waals surface area contributed by atoms with E-state index in [1.165, 1.54) is 18.3 Å². The summed E-state index contributed by atoms with van der Waals surface area (Å²) in [5.74, 6) is -0.856. The summed E-state index contributed by atoms with van der Waals surface area (Å²) in [7, 11) is 0. The molecular weight excluding hydrogens is 290 g/mol. The van der Waals surface area contributed by atoms with Crippen LogP contribution in [0.3, 0.4) is 0 Å². The molecule has 0 spiro atoms. The third-order valence-corrected chi connectivity index (χ3v) is 3.65. The van der Waals surface area contributed by atoms with E-state index in [1.807, 2.05) is 30.3 Å². The van der Waals surface area contributed by atoms with Gasteiger partial charge in [-0.3, -0.25) is 4.79 Å². The van der Waals surface area contributed by atoms with E-state index in [0.717, 1.165) is 10.4 Å². The van der Waals surface area contributed by atoms with Crippen LogP contribution < -0.4 is 0 Å². The van der Waals surface area contributed by atoms with Crippen molar-refractivity contribution in [3.8, 4) is 10.4 Å². The van der Waals surface area contributed by atoms with Gasteiger partial charge in [0.25, 0.3) is 0 Å². The summed E-state index contributed by atoms with van der Waals surface area (Å²) in [6.07, 6.45) is 0. The lowest BCUT2D eigenvalue weighted by Crippen LogP contribution is -2.07. The van der Waals surface area contributed by atoms with E-state index in [9.17, 15) is 9.59 Å². The van der Waals surface area contributed by atoms with E-state index in [2.05, 4.69) is 4.98 Å². The van der Waals surface area contributed by atoms with Gasteiger partial charge in [0, 0.05) is 6.92 Å². The molecule has 0 bridgehead atoms. The van der Waals surface area contributed by atoms with Crippen molar-refractivity contribution in [1.29, 1.82) is 0 Å². The predicted octanol–water partition coefficient (Wildman–Crippen LogP) is 3.05. The van der Waals surface area contributed by atoms with Crippen LogP contribution in [-0.4, -0.2) is 23.5 Å². The number of rotatable bonds is 5. The van der Waals surface area contributed by atoms with Crippen LogP contribution in [0.1, 0.15) is 29.3 Å². The smallest absolute Gasteiger partial charge is 0.358 e. The molecule has 0 saturated heterocycles. The van der Waals surface area contributed by atoms with Crippen LogP contribution in [-0.2, 0) is 20.9 Å². The molecule has 2 rings (SSSR count). The first-order chi connectivity index (χ1) is 10.1. The highest BCUT2D eigenvalue weighted by atomic mass is 32.1. The molecule has 0 aliphatic heterocycles. The lowest BCUT2D eigenvalue weighted by molar-refractivity contribution is -0.142. The Labute approximate surface area is 126 Å². The van der Waals surface area contributed by atoms with Crippen molar-refractivity contribution in [3.63, 3.8) is 0 Å². The van der Waals surface area contributed by atoms with Crippen LogP contribution in [0.25, 0.3) is 10.4 Å². The van der Waals surface area contributed by atoms with Crippen molar-refractivity contribution >= 4 is 23.3 Å². The predicted molar refractivity (Wildman–Crippen MR) is 79.0 cm³/mol. The Bertz CT molecular complexity index is 636. The van der Waals surface area contributed by atoms with Gasteiger partial charge >= 0.3 is 11.9 Å². The standard InChI is InChI=1S/C15H15NO4S/c1-3-19-15(18)13-14(11-7-5-4-6-8-11)21-12(16-13)9-20-10(2)17/h4-8H,3,9H2,1-2H3. The Morgan fingerprint density at radius 3 is 2.52 bits per heavy atom. The molecule has 1 heterocycles. The second kappa shape index (κ2) is 6.99. The first kappa shape index (κ1) is 15.2. The quantitative estimate of drug-likeness (QED) is 0.794. The first-order valence-corrected chi connectivity index (χ1v) is 7.29. The summed E-state index contributed by atoms with van der Waals surface area (Å²) >= 11 is 1.32. The summed E-state index contributed by atoms with van der Waals surface area (Å²) in [5, 5.41) is 0.562. The number of aromatic nitrogens is 1. The average molecular weight is 305 g/mol. The molecule has 0 unspecified atom stereocenters. The molecule has 5 nitrogen and oxygen atoms in total. The lowest BCUT2D eigenvalue weighted by Gasteiger charge is -2.01. The van der Waals surface area contributed by atoms with Gasteiger partial charge < -0.3 is 9.47 Å². The Balaban J connectivity index is 2.36. The normalized spacial score (nSPS) is 10.2. The van der Waals surface area contributed by atoms with Gasteiger partial charge in [-0.15, -0.1) is 11.3 Å². The zero-order valence-corrected chi connectivity index (χ0v) is 12.6. The number of carbonyl (C=O) groups is 2. The third kappa shape index (κ3) is 3.88. The number of ether oxygens (including phenoxy) is 2. The van der Waals surface area contributed by atoms with Crippen LogP contribution in [0.15, 0.2) is 30.3 Å². The number of hydrogen-bond donors (Lipinski definition) is 0. The Kier molecular flexibility index (Phi) is 5.05. The molecule has 110 valence electrons. The van der Waals surface area contributed by atoms with Crippen LogP contribution in [0.5, 0.6) is 0 Å². The molecular formula is C15H15NO4S. The number of benzene rings is 1. The summed E-state index contributed by atoms with van der Waals surface area (Å²) < 4.78 is 9.96. The van der Waals surface area contributed by atoms with Gasteiger partial charge in [0.1, 0.15) is 11.6 Å². The first-order valence-electron chi connectivity index (χ1n) is 6.47. The van der Waals surface area contributed by atoms with Crippen LogP contribution in [0.2, 0.25) is 0 Å². The number of esters is 2. The Hall–Kier alpha value is -2.21. The van der Waals surface area contributed by atoms with E-state index in [0.29, 0.717) is 5.01 Å². The van der Waals surface area contributed by atoms with E-state index in [1.54, 1.807) is 6.92 Å². The van der Waals surface area contributed by atoms with Crippen molar-refractivity contribution in [1.82, 2.24) is 4.98 Å². The maximum absolute atomic E-state index is 12.0. The van der Waals surface area contributed by atoms with Gasteiger partial charge in [-0.2, -0.15) is 0 Å². The molecule has 2 aromatic rings. The summed E-state index contributed by atoms with van der Waals surface area (Å²) in [6.45, 7) is 3.41. The van der Waals surface area contributed by atoms with Crippen LogP contribution in [0, 0.1) is 0 Å². The van der Waals surface area contributed by atoms with Gasteiger partial charge in [-0.1, -0.05) is 30.3 Å². The van der Waals surface area contributed by atoms with Gasteiger partial charge in [0.15, 0.2) is 5.69 Å². The minimum atomic E-state index is -0.471. The molecule has 0 aliphatic carbocycles. The molecule has 1 aromatic carbocycles. The molecule has 0 aliphatic rings. The fourth-order valence-corrected chi connectivity index (χ4v) is 2.68. The Morgan fingerprint density at radius 1 is 1.19 bits per heavy atom. The number of nitrogens with zero attached hydrogens (tertiary/aromatic N) is 1. The largest absolute Gasteiger partial charge is 0.461 e. The van der Waals surface area contributed by atoms with E-state index in [-0.39, 0.29) is 24.9 Å². The van der Waals surface area contributed by atoms with Crippen molar-refractivity contribution in [3.05, 3.63) is 41.0 Å². The van der Waals surface area contributed by atoms with E-state index >= 15 is 0 Å². The topological polar surface area (TPSA) is 65.5 Å². The lowest BCUT2D eigenvalue weighted by atomic mass is 10.1. The molecule has 1 aromatic heterocycles. The minimum absolute atomic E-state index is 0.0548. The highest BCUT2D eigenvalue weighted by Crippen LogP contribution is 2.31. The van der Waals surface area contributed by atoms with Gasteiger partial charge in [-0.25, -0.2) is 9.78 Å². The maximum atomic E-state index is 12.0. The van der Waals surface area contributed by atoms with Gasteiger partial charge in [0.2, 0.25) is 0 Å². The number of carbonyl (C=O) groups excluding carboxylic acids is 2. The minimum Gasteiger partial charge on any atom is -0.461 e. The van der Waals surface area contributed by atoms with Crippen LogP contribution >= 0.6 is 11.3 Å². The second-order valence-corrected chi connectivity index (χ2v) is 5.24. The summed E-state index contributed by atoms with van der Waals surface area (Å²) in [4.78, 5) is 27.8. The average Bonchev–Trinajstić information content (AvgIpc) is 2.91. The summed E-state index contributed by atoms with van der Waals surface area (Å²) in [6, 6.07) is 9.46. The van der Waals surface area contributed by atoms with Crippen LogP contribution in [0.4, 0.5) is 0 Å². The fourth-order valence-electron chi connectivity index (χ4n) is 1.71. The maximum Gasteiger partial charge on any atom is 0.358 e. The van der Waals surface area contributed by atoms with E-state index < -0.39 is 5.97 Å². The molecule has 0 radical (unpaired) electrons. The molecule has 0 N–H and O–H groups in total. The van der Waals surface area contributed by atoms with Gasteiger partial charge in [0.05, 0.1) is 11.5 Å². The highest BCUT2D eigenvalue weighted by molar-refractivity contribution is 7.15. The zero-order chi connectivity index (χ0) is 15.2. The van der Waals surface area contributed by atoms with Crippen molar-refractivity contribution in [2.24, 2.45) is 0 Å². The molecule has 0 saturated carbocycles. The Morgan fingerprint density at radius 2 is 1.90 bits per heavy atom. The number of hydrogen-bond acceptors (Lipinski definition) is 6.